The molecule has 0 saturated carbocycles. The van der Waals surface area contributed by atoms with Crippen LogP contribution in [0, 0.1) is 5.41 Å². The largest absolute Gasteiger partial charge is 0.494 e. The van der Waals surface area contributed by atoms with Crippen molar-refractivity contribution >= 4 is 15.9 Å². The fourth-order valence-corrected chi connectivity index (χ4v) is 3.15. The molecule has 112 valence electrons. The third-order valence-corrected chi connectivity index (χ3v) is 4.72. The van der Waals surface area contributed by atoms with Gasteiger partial charge in [0, 0.05) is 23.0 Å². The minimum absolute atomic E-state index is 0.210. The maximum atomic E-state index is 5.89. The molecule has 1 N–H and O–H groups in total. The molecule has 0 radical (unpaired) electrons. The summed E-state index contributed by atoms with van der Waals surface area (Å²) in [6, 6.07) is 8.00. The Bertz CT molecular complexity index is 427. The van der Waals surface area contributed by atoms with E-state index >= 15 is 0 Å². The van der Waals surface area contributed by atoms with E-state index in [1.807, 2.05) is 24.3 Å². The minimum atomic E-state index is 0.210. The van der Waals surface area contributed by atoms with Crippen LogP contribution in [0.5, 0.6) is 5.75 Å². The van der Waals surface area contributed by atoms with Gasteiger partial charge in [0.25, 0.3) is 0 Å². The summed E-state index contributed by atoms with van der Waals surface area (Å²) in [6.45, 7) is 7.93. The Kier molecular flexibility index (Phi) is 5.87. The normalized spacial score (nSPS) is 25.9. The van der Waals surface area contributed by atoms with Crippen LogP contribution in [0.2, 0.25) is 0 Å². The van der Waals surface area contributed by atoms with Crippen molar-refractivity contribution < 1.29 is 9.47 Å². The van der Waals surface area contributed by atoms with E-state index in [1.165, 1.54) is 0 Å². The summed E-state index contributed by atoms with van der Waals surface area (Å²) in [4.78, 5) is 0. The molecule has 1 aromatic carbocycles. The highest BCUT2D eigenvalue weighted by Gasteiger charge is 2.40. The molecular formula is C16H24BrNO2. The summed E-state index contributed by atoms with van der Waals surface area (Å²) in [5.74, 6) is 0.921. The number of hydrogen-bond acceptors (Lipinski definition) is 3. The van der Waals surface area contributed by atoms with Crippen molar-refractivity contribution in [3.05, 3.63) is 28.7 Å². The summed E-state index contributed by atoms with van der Waals surface area (Å²) >= 11 is 3.46. The van der Waals surface area contributed by atoms with E-state index in [0.717, 1.165) is 49.4 Å². The molecule has 20 heavy (non-hydrogen) atoms. The quantitative estimate of drug-likeness (QED) is 0.821. The molecule has 1 saturated heterocycles. The smallest absolute Gasteiger partial charge is 0.120 e. The molecule has 2 unspecified atom stereocenters. The highest BCUT2D eigenvalue weighted by molar-refractivity contribution is 9.10. The number of nitrogens with one attached hydrogen (secondary N) is 1. The zero-order valence-corrected chi connectivity index (χ0v) is 13.9. The summed E-state index contributed by atoms with van der Waals surface area (Å²) in [5.41, 5.74) is 0.210. The van der Waals surface area contributed by atoms with Gasteiger partial charge in [-0.3, -0.25) is 0 Å². The van der Waals surface area contributed by atoms with E-state index in [9.17, 15) is 0 Å². The number of ether oxygens (including phenoxy) is 2. The van der Waals surface area contributed by atoms with Gasteiger partial charge in [-0.05, 0) is 44.5 Å². The lowest BCUT2D eigenvalue weighted by Gasteiger charge is -2.32. The Balaban J connectivity index is 1.89. The molecular weight excluding hydrogens is 318 g/mol. The Morgan fingerprint density at radius 2 is 2.35 bits per heavy atom. The molecule has 1 aliphatic heterocycles. The Labute approximate surface area is 130 Å². The van der Waals surface area contributed by atoms with Gasteiger partial charge in [-0.15, -0.1) is 0 Å². The number of rotatable bonds is 7. The first-order chi connectivity index (χ1) is 9.66. The van der Waals surface area contributed by atoms with E-state index in [1.54, 1.807) is 0 Å². The summed E-state index contributed by atoms with van der Waals surface area (Å²) < 4.78 is 12.7. The van der Waals surface area contributed by atoms with Crippen molar-refractivity contribution in [2.45, 2.75) is 32.8 Å². The standard InChI is InChI=1S/C16H24BrNO2/c1-3-18-12-16(7-9-19-13(16)2)8-10-20-15-6-4-5-14(17)11-15/h4-6,11,13,18H,3,7-10,12H2,1-2H3. The van der Waals surface area contributed by atoms with Gasteiger partial charge in [0.1, 0.15) is 5.75 Å². The van der Waals surface area contributed by atoms with Crippen molar-refractivity contribution in [2.24, 2.45) is 5.41 Å². The van der Waals surface area contributed by atoms with Crippen LogP contribution in [0.4, 0.5) is 0 Å². The van der Waals surface area contributed by atoms with E-state index in [2.05, 4.69) is 35.1 Å². The second-order valence-corrected chi connectivity index (χ2v) is 6.38. The second kappa shape index (κ2) is 7.43. The van der Waals surface area contributed by atoms with Gasteiger partial charge < -0.3 is 14.8 Å². The molecule has 1 aliphatic rings. The molecule has 1 heterocycles. The molecule has 0 aromatic heterocycles. The van der Waals surface area contributed by atoms with Gasteiger partial charge in [-0.25, -0.2) is 0 Å². The first kappa shape index (κ1) is 15.8. The molecule has 2 atom stereocenters. The lowest BCUT2D eigenvalue weighted by atomic mass is 9.78. The first-order valence-corrected chi connectivity index (χ1v) is 8.16. The van der Waals surface area contributed by atoms with Crippen molar-refractivity contribution in [2.75, 3.05) is 26.3 Å². The monoisotopic (exact) mass is 341 g/mol. The highest BCUT2D eigenvalue weighted by Crippen LogP contribution is 2.37. The van der Waals surface area contributed by atoms with Crippen LogP contribution >= 0.6 is 15.9 Å². The summed E-state index contributed by atoms with van der Waals surface area (Å²) in [5, 5.41) is 3.48. The average molecular weight is 342 g/mol. The zero-order valence-electron chi connectivity index (χ0n) is 12.3. The van der Waals surface area contributed by atoms with E-state index in [0.29, 0.717) is 6.10 Å². The Hall–Kier alpha value is -0.580. The van der Waals surface area contributed by atoms with Crippen molar-refractivity contribution in [3.8, 4) is 5.75 Å². The topological polar surface area (TPSA) is 30.5 Å². The Morgan fingerprint density at radius 3 is 3.00 bits per heavy atom. The SMILES string of the molecule is CCNCC1(CCOc2cccc(Br)c2)CCOC1C. The van der Waals surface area contributed by atoms with Gasteiger partial charge in [-0.1, -0.05) is 28.9 Å². The molecule has 0 amide bonds. The van der Waals surface area contributed by atoms with Crippen LogP contribution in [0.15, 0.2) is 28.7 Å². The molecule has 1 fully saturated rings. The van der Waals surface area contributed by atoms with Gasteiger partial charge in [0.2, 0.25) is 0 Å². The molecule has 0 aliphatic carbocycles. The average Bonchev–Trinajstić information content (AvgIpc) is 2.78. The molecule has 4 heteroatoms. The fourth-order valence-electron chi connectivity index (χ4n) is 2.77. The summed E-state index contributed by atoms with van der Waals surface area (Å²) in [6.07, 6.45) is 2.43. The number of benzene rings is 1. The summed E-state index contributed by atoms with van der Waals surface area (Å²) in [7, 11) is 0. The Morgan fingerprint density at radius 1 is 1.50 bits per heavy atom. The van der Waals surface area contributed by atoms with E-state index in [4.69, 9.17) is 9.47 Å². The zero-order chi connectivity index (χ0) is 14.4. The van der Waals surface area contributed by atoms with Crippen LogP contribution in [0.3, 0.4) is 0 Å². The minimum Gasteiger partial charge on any atom is -0.494 e. The molecule has 2 rings (SSSR count). The van der Waals surface area contributed by atoms with Crippen LogP contribution in [-0.2, 0) is 4.74 Å². The molecule has 3 nitrogen and oxygen atoms in total. The van der Waals surface area contributed by atoms with Crippen molar-refractivity contribution in [3.63, 3.8) is 0 Å². The van der Waals surface area contributed by atoms with Crippen LogP contribution in [0.1, 0.15) is 26.7 Å². The van der Waals surface area contributed by atoms with Gasteiger partial charge in [0.05, 0.1) is 12.7 Å². The lowest BCUT2D eigenvalue weighted by molar-refractivity contribution is 0.0507. The maximum absolute atomic E-state index is 5.89. The number of hydrogen-bond donors (Lipinski definition) is 1. The fraction of sp³-hybridized carbons (Fsp3) is 0.625. The van der Waals surface area contributed by atoms with E-state index < -0.39 is 0 Å². The molecule has 0 bridgehead atoms. The predicted octanol–water partition coefficient (Wildman–Crippen LogP) is 3.62. The van der Waals surface area contributed by atoms with Gasteiger partial charge in [0.15, 0.2) is 0 Å². The maximum Gasteiger partial charge on any atom is 0.120 e. The highest BCUT2D eigenvalue weighted by atomic mass is 79.9. The van der Waals surface area contributed by atoms with Crippen LogP contribution in [-0.4, -0.2) is 32.4 Å². The van der Waals surface area contributed by atoms with E-state index in [-0.39, 0.29) is 5.41 Å². The van der Waals surface area contributed by atoms with Crippen LogP contribution in [0.25, 0.3) is 0 Å². The van der Waals surface area contributed by atoms with Gasteiger partial charge >= 0.3 is 0 Å². The molecule has 1 aromatic rings. The van der Waals surface area contributed by atoms with Gasteiger partial charge in [-0.2, -0.15) is 0 Å². The predicted molar refractivity (Wildman–Crippen MR) is 85.3 cm³/mol. The third-order valence-electron chi connectivity index (χ3n) is 4.22. The third kappa shape index (κ3) is 3.96. The van der Waals surface area contributed by atoms with Crippen molar-refractivity contribution in [1.82, 2.24) is 5.32 Å². The second-order valence-electron chi connectivity index (χ2n) is 5.46. The number of halogens is 1. The van der Waals surface area contributed by atoms with Crippen molar-refractivity contribution in [1.29, 1.82) is 0 Å². The molecule has 0 spiro atoms. The van der Waals surface area contributed by atoms with Crippen LogP contribution < -0.4 is 10.1 Å². The lowest BCUT2D eigenvalue weighted by Crippen LogP contribution is -2.40. The first-order valence-electron chi connectivity index (χ1n) is 7.37.